The predicted molar refractivity (Wildman–Crippen MR) is 92.0 cm³/mol. The quantitative estimate of drug-likeness (QED) is 0.836. The summed E-state index contributed by atoms with van der Waals surface area (Å²) in [5, 5.41) is 12.3. The summed E-state index contributed by atoms with van der Waals surface area (Å²) in [6.45, 7) is 8.11. The number of carbonyl (C=O) groups is 1. The highest BCUT2D eigenvalue weighted by Crippen LogP contribution is 2.25. The summed E-state index contributed by atoms with van der Waals surface area (Å²) in [5.41, 5.74) is 1.65. The van der Waals surface area contributed by atoms with E-state index < -0.39 is 6.10 Å². The molecular formula is C19H23NO3. The molecule has 0 saturated heterocycles. The van der Waals surface area contributed by atoms with Crippen LogP contribution in [0.3, 0.4) is 0 Å². The van der Waals surface area contributed by atoms with Gasteiger partial charge in [-0.25, -0.2) is 0 Å². The standard InChI is InChI=1S/C19H23NO3/c1-13(18(22)20-16-7-5-6-8-17(16)21)23-15-11-9-14(10-12-15)19(2,3)4/h5-13,21H,1-4H3,(H,20,22). The molecule has 2 aromatic carbocycles. The molecule has 1 unspecified atom stereocenters. The normalized spacial score (nSPS) is 12.5. The Balaban J connectivity index is 2.00. The molecule has 0 spiro atoms. The van der Waals surface area contributed by atoms with E-state index in [2.05, 4.69) is 26.1 Å². The molecule has 0 saturated carbocycles. The van der Waals surface area contributed by atoms with Crippen LogP contribution in [0.5, 0.6) is 11.5 Å². The maximum Gasteiger partial charge on any atom is 0.265 e. The molecule has 0 bridgehead atoms. The number of anilines is 1. The lowest BCUT2D eigenvalue weighted by molar-refractivity contribution is -0.122. The Morgan fingerprint density at radius 1 is 1.09 bits per heavy atom. The highest BCUT2D eigenvalue weighted by molar-refractivity contribution is 5.95. The zero-order chi connectivity index (χ0) is 17.0. The van der Waals surface area contributed by atoms with E-state index in [1.165, 1.54) is 11.6 Å². The molecule has 0 radical (unpaired) electrons. The molecule has 0 aromatic heterocycles. The van der Waals surface area contributed by atoms with E-state index in [1.807, 2.05) is 24.3 Å². The van der Waals surface area contributed by atoms with Crippen LogP contribution in [0.2, 0.25) is 0 Å². The largest absolute Gasteiger partial charge is 0.506 e. The molecule has 0 aliphatic rings. The summed E-state index contributed by atoms with van der Waals surface area (Å²) in [6.07, 6.45) is -0.671. The molecule has 122 valence electrons. The minimum Gasteiger partial charge on any atom is -0.506 e. The van der Waals surface area contributed by atoms with Gasteiger partial charge in [-0.1, -0.05) is 45.0 Å². The van der Waals surface area contributed by atoms with E-state index in [0.29, 0.717) is 11.4 Å². The Kier molecular flexibility index (Phi) is 4.94. The minimum atomic E-state index is -0.671. The first-order valence-electron chi connectivity index (χ1n) is 7.63. The third kappa shape index (κ3) is 4.49. The molecule has 23 heavy (non-hydrogen) atoms. The van der Waals surface area contributed by atoms with Gasteiger partial charge in [-0.3, -0.25) is 4.79 Å². The van der Waals surface area contributed by atoms with E-state index in [0.717, 1.165) is 0 Å². The Bertz CT molecular complexity index is 672. The number of amides is 1. The van der Waals surface area contributed by atoms with Crippen molar-refractivity contribution >= 4 is 11.6 Å². The fraction of sp³-hybridized carbons (Fsp3) is 0.316. The Labute approximate surface area is 137 Å². The lowest BCUT2D eigenvalue weighted by Crippen LogP contribution is -2.30. The molecule has 0 aliphatic heterocycles. The zero-order valence-corrected chi connectivity index (χ0v) is 14.0. The van der Waals surface area contributed by atoms with Crippen molar-refractivity contribution in [1.82, 2.24) is 0 Å². The van der Waals surface area contributed by atoms with E-state index in [9.17, 15) is 9.90 Å². The second-order valence-corrected chi connectivity index (χ2v) is 6.54. The SMILES string of the molecule is CC(Oc1ccc(C(C)(C)C)cc1)C(=O)Nc1ccccc1O. The van der Waals surface area contributed by atoms with Crippen LogP contribution in [-0.4, -0.2) is 17.1 Å². The summed E-state index contributed by atoms with van der Waals surface area (Å²) < 4.78 is 5.66. The molecular weight excluding hydrogens is 290 g/mol. The molecule has 0 heterocycles. The van der Waals surface area contributed by atoms with Gasteiger partial charge in [-0.2, -0.15) is 0 Å². The summed E-state index contributed by atoms with van der Waals surface area (Å²) in [7, 11) is 0. The molecule has 1 amide bonds. The van der Waals surface area contributed by atoms with Crippen molar-refractivity contribution in [3.05, 3.63) is 54.1 Å². The van der Waals surface area contributed by atoms with Gasteiger partial charge in [0.1, 0.15) is 11.5 Å². The maximum atomic E-state index is 12.1. The van der Waals surface area contributed by atoms with Crippen LogP contribution in [0.25, 0.3) is 0 Å². The van der Waals surface area contributed by atoms with E-state index in [4.69, 9.17) is 4.74 Å². The number of rotatable bonds is 4. The van der Waals surface area contributed by atoms with Gasteiger partial charge in [0, 0.05) is 0 Å². The lowest BCUT2D eigenvalue weighted by atomic mass is 9.87. The maximum absolute atomic E-state index is 12.1. The summed E-state index contributed by atoms with van der Waals surface area (Å²) in [6, 6.07) is 14.3. The number of hydrogen-bond donors (Lipinski definition) is 2. The Morgan fingerprint density at radius 2 is 1.70 bits per heavy atom. The highest BCUT2D eigenvalue weighted by atomic mass is 16.5. The number of hydrogen-bond acceptors (Lipinski definition) is 3. The van der Waals surface area contributed by atoms with Crippen LogP contribution < -0.4 is 10.1 Å². The van der Waals surface area contributed by atoms with Gasteiger partial charge in [0.05, 0.1) is 5.69 Å². The van der Waals surface area contributed by atoms with Crippen molar-refractivity contribution in [2.75, 3.05) is 5.32 Å². The summed E-state index contributed by atoms with van der Waals surface area (Å²) in [4.78, 5) is 12.1. The lowest BCUT2D eigenvalue weighted by Gasteiger charge is -2.20. The van der Waals surface area contributed by atoms with Crippen molar-refractivity contribution < 1.29 is 14.6 Å². The van der Waals surface area contributed by atoms with Gasteiger partial charge in [-0.05, 0) is 42.2 Å². The van der Waals surface area contributed by atoms with Crippen molar-refractivity contribution in [1.29, 1.82) is 0 Å². The fourth-order valence-corrected chi connectivity index (χ4v) is 2.10. The first-order valence-corrected chi connectivity index (χ1v) is 7.63. The number of phenols is 1. The monoisotopic (exact) mass is 313 g/mol. The average Bonchev–Trinajstić information content (AvgIpc) is 2.49. The average molecular weight is 313 g/mol. The second kappa shape index (κ2) is 6.73. The third-order valence-corrected chi connectivity index (χ3v) is 3.56. The van der Waals surface area contributed by atoms with E-state index in [-0.39, 0.29) is 17.1 Å². The van der Waals surface area contributed by atoms with Crippen molar-refractivity contribution in [2.24, 2.45) is 0 Å². The fourth-order valence-electron chi connectivity index (χ4n) is 2.10. The highest BCUT2D eigenvalue weighted by Gasteiger charge is 2.17. The van der Waals surface area contributed by atoms with Gasteiger partial charge in [0.25, 0.3) is 5.91 Å². The van der Waals surface area contributed by atoms with Crippen LogP contribution in [0.15, 0.2) is 48.5 Å². The van der Waals surface area contributed by atoms with Gasteiger partial charge in [-0.15, -0.1) is 0 Å². The predicted octanol–water partition coefficient (Wildman–Crippen LogP) is 4.10. The molecule has 0 fully saturated rings. The Morgan fingerprint density at radius 3 is 2.26 bits per heavy atom. The molecule has 2 rings (SSSR count). The Hall–Kier alpha value is -2.49. The molecule has 2 N–H and O–H groups in total. The van der Waals surface area contributed by atoms with Crippen molar-refractivity contribution in [3.8, 4) is 11.5 Å². The van der Waals surface area contributed by atoms with Gasteiger partial charge in [0.2, 0.25) is 0 Å². The molecule has 1 atom stereocenters. The topological polar surface area (TPSA) is 58.6 Å². The smallest absolute Gasteiger partial charge is 0.265 e. The van der Waals surface area contributed by atoms with Gasteiger partial charge < -0.3 is 15.2 Å². The number of ether oxygens (including phenoxy) is 1. The van der Waals surface area contributed by atoms with Crippen molar-refractivity contribution in [2.45, 2.75) is 39.2 Å². The molecule has 4 heteroatoms. The second-order valence-electron chi connectivity index (χ2n) is 6.54. The van der Waals surface area contributed by atoms with Crippen LogP contribution in [0.4, 0.5) is 5.69 Å². The van der Waals surface area contributed by atoms with Crippen molar-refractivity contribution in [3.63, 3.8) is 0 Å². The van der Waals surface area contributed by atoms with E-state index >= 15 is 0 Å². The van der Waals surface area contributed by atoms with Gasteiger partial charge in [0.15, 0.2) is 6.10 Å². The number of nitrogens with one attached hydrogen (secondary N) is 1. The number of benzene rings is 2. The first-order chi connectivity index (χ1) is 10.8. The van der Waals surface area contributed by atoms with Crippen LogP contribution in [-0.2, 0) is 10.2 Å². The molecule has 0 aliphatic carbocycles. The minimum absolute atomic E-state index is 0.0302. The third-order valence-electron chi connectivity index (χ3n) is 3.56. The number of carbonyl (C=O) groups excluding carboxylic acids is 1. The molecule has 2 aromatic rings. The van der Waals surface area contributed by atoms with Crippen LogP contribution >= 0.6 is 0 Å². The molecule has 4 nitrogen and oxygen atoms in total. The number of para-hydroxylation sites is 2. The van der Waals surface area contributed by atoms with E-state index in [1.54, 1.807) is 25.1 Å². The summed E-state index contributed by atoms with van der Waals surface area (Å²) in [5.74, 6) is 0.354. The zero-order valence-electron chi connectivity index (χ0n) is 14.0. The first kappa shape index (κ1) is 16.9. The summed E-state index contributed by atoms with van der Waals surface area (Å²) >= 11 is 0. The van der Waals surface area contributed by atoms with Crippen LogP contribution in [0, 0.1) is 0 Å². The van der Waals surface area contributed by atoms with Crippen LogP contribution in [0.1, 0.15) is 33.3 Å². The number of aromatic hydroxyl groups is 1. The van der Waals surface area contributed by atoms with Gasteiger partial charge >= 0.3 is 0 Å². The number of phenolic OH excluding ortho intramolecular Hbond substituents is 1.